The zero-order valence-electron chi connectivity index (χ0n) is 10.2. The Balaban J connectivity index is 1.41. The molecule has 0 spiro atoms. The standard InChI is InChI=1S/C13H24N2O/c1-2-11(8-14-6-1)5-7-15-9-12-3-4-13(10-15)16-12/h11-14H,1-10H2. The lowest BCUT2D eigenvalue weighted by molar-refractivity contribution is -0.0397. The van der Waals surface area contributed by atoms with Crippen LogP contribution < -0.4 is 5.32 Å². The molecule has 1 N–H and O–H groups in total. The van der Waals surface area contributed by atoms with Crippen LogP contribution in [0.25, 0.3) is 0 Å². The number of fused-ring (bicyclic) bond motifs is 2. The average Bonchev–Trinajstić information content (AvgIpc) is 2.67. The van der Waals surface area contributed by atoms with Crippen LogP contribution in [0.3, 0.4) is 0 Å². The van der Waals surface area contributed by atoms with E-state index in [9.17, 15) is 0 Å². The van der Waals surface area contributed by atoms with Gasteiger partial charge in [0.15, 0.2) is 0 Å². The van der Waals surface area contributed by atoms with Crippen molar-refractivity contribution in [3.05, 3.63) is 0 Å². The molecule has 3 nitrogen and oxygen atoms in total. The Hall–Kier alpha value is -0.120. The molecule has 92 valence electrons. The van der Waals surface area contributed by atoms with Crippen molar-refractivity contribution in [3.8, 4) is 0 Å². The van der Waals surface area contributed by atoms with Crippen LogP contribution in [-0.2, 0) is 4.74 Å². The normalized spacial score (nSPS) is 40.1. The third kappa shape index (κ3) is 2.58. The molecule has 3 aliphatic heterocycles. The first-order valence-electron chi connectivity index (χ1n) is 6.98. The third-order valence-electron chi connectivity index (χ3n) is 4.37. The van der Waals surface area contributed by atoms with Crippen molar-refractivity contribution >= 4 is 0 Å². The van der Waals surface area contributed by atoms with Crippen LogP contribution in [-0.4, -0.2) is 49.8 Å². The van der Waals surface area contributed by atoms with Crippen molar-refractivity contribution in [2.45, 2.75) is 44.3 Å². The predicted molar refractivity (Wildman–Crippen MR) is 64.5 cm³/mol. The van der Waals surface area contributed by atoms with Gasteiger partial charge >= 0.3 is 0 Å². The van der Waals surface area contributed by atoms with Crippen LogP contribution in [0.5, 0.6) is 0 Å². The minimum absolute atomic E-state index is 0.559. The van der Waals surface area contributed by atoms with Gasteiger partial charge in [0.1, 0.15) is 0 Å². The molecule has 0 radical (unpaired) electrons. The van der Waals surface area contributed by atoms with E-state index >= 15 is 0 Å². The number of ether oxygens (including phenoxy) is 1. The van der Waals surface area contributed by atoms with Crippen LogP contribution >= 0.6 is 0 Å². The molecule has 2 bridgehead atoms. The van der Waals surface area contributed by atoms with Crippen molar-refractivity contribution in [2.75, 3.05) is 32.7 Å². The van der Waals surface area contributed by atoms with Gasteiger partial charge in [-0.15, -0.1) is 0 Å². The zero-order chi connectivity index (χ0) is 10.8. The fourth-order valence-electron chi connectivity index (χ4n) is 3.42. The predicted octanol–water partition coefficient (Wildman–Crippen LogP) is 1.24. The summed E-state index contributed by atoms with van der Waals surface area (Å²) in [5.74, 6) is 0.925. The first-order valence-corrected chi connectivity index (χ1v) is 6.98. The molecule has 3 heteroatoms. The van der Waals surface area contributed by atoms with E-state index in [4.69, 9.17) is 4.74 Å². The third-order valence-corrected chi connectivity index (χ3v) is 4.37. The molecule has 0 amide bonds. The highest BCUT2D eigenvalue weighted by Crippen LogP contribution is 2.26. The fourth-order valence-corrected chi connectivity index (χ4v) is 3.42. The van der Waals surface area contributed by atoms with Gasteiger partial charge in [0.05, 0.1) is 12.2 Å². The average molecular weight is 224 g/mol. The van der Waals surface area contributed by atoms with Crippen LogP contribution in [0.4, 0.5) is 0 Å². The maximum atomic E-state index is 5.87. The minimum Gasteiger partial charge on any atom is -0.372 e. The minimum atomic E-state index is 0.559. The smallest absolute Gasteiger partial charge is 0.0707 e. The molecule has 3 saturated heterocycles. The van der Waals surface area contributed by atoms with Gasteiger partial charge in [0.25, 0.3) is 0 Å². The maximum Gasteiger partial charge on any atom is 0.0707 e. The molecule has 3 atom stereocenters. The maximum absolute atomic E-state index is 5.87. The Kier molecular flexibility index (Phi) is 3.46. The summed E-state index contributed by atoms with van der Waals surface area (Å²) in [6.45, 7) is 6.16. The van der Waals surface area contributed by atoms with Gasteiger partial charge in [-0.1, -0.05) is 0 Å². The summed E-state index contributed by atoms with van der Waals surface area (Å²) in [5, 5.41) is 3.51. The molecule has 0 aromatic heterocycles. The lowest BCUT2D eigenvalue weighted by Crippen LogP contribution is -2.43. The SMILES string of the molecule is C1CNCC(CCN2CC3CCC(C2)O3)C1. The number of piperidine rings is 1. The summed E-state index contributed by atoms with van der Waals surface area (Å²) >= 11 is 0. The Morgan fingerprint density at radius 1 is 1.12 bits per heavy atom. The van der Waals surface area contributed by atoms with E-state index in [-0.39, 0.29) is 0 Å². The van der Waals surface area contributed by atoms with Gasteiger partial charge < -0.3 is 10.1 Å². The summed E-state index contributed by atoms with van der Waals surface area (Å²) in [6.07, 6.45) is 7.90. The number of nitrogens with zero attached hydrogens (tertiary/aromatic N) is 1. The molecular weight excluding hydrogens is 200 g/mol. The first kappa shape index (κ1) is 11.0. The number of likely N-dealkylation sites (tertiary alicyclic amines) is 1. The summed E-state index contributed by atoms with van der Waals surface area (Å²) in [6, 6.07) is 0. The summed E-state index contributed by atoms with van der Waals surface area (Å²) in [4.78, 5) is 2.64. The lowest BCUT2D eigenvalue weighted by Gasteiger charge is -2.33. The Morgan fingerprint density at radius 3 is 2.62 bits per heavy atom. The van der Waals surface area contributed by atoms with E-state index < -0.39 is 0 Å². The number of hydrogen-bond acceptors (Lipinski definition) is 3. The molecule has 3 aliphatic rings. The Bertz CT molecular complexity index is 216. The molecule has 0 saturated carbocycles. The van der Waals surface area contributed by atoms with Gasteiger partial charge in [-0.05, 0) is 57.7 Å². The summed E-state index contributed by atoms with van der Waals surface area (Å²) < 4.78 is 5.87. The molecular formula is C13H24N2O. The fraction of sp³-hybridized carbons (Fsp3) is 1.00. The number of rotatable bonds is 3. The second-order valence-corrected chi connectivity index (χ2v) is 5.72. The lowest BCUT2D eigenvalue weighted by atomic mass is 9.96. The topological polar surface area (TPSA) is 24.5 Å². The van der Waals surface area contributed by atoms with Gasteiger partial charge in [-0.25, -0.2) is 0 Å². The highest BCUT2D eigenvalue weighted by molar-refractivity contribution is 4.85. The monoisotopic (exact) mass is 224 g/mol. The van der Waals surface area contributed by atoms with Crippen LogP contribution in [0.15, 0.2) is 0 Å². The highest BCUT2D eigenvalue weighted by Gasteiger charge is 2.33. The van der Waals surface area contributed by atoms with Crippen LogP contribution in [0, 0.1) is 5.92 Å². The van der Waals surface area contributed by atoms with Crippen LogP contribution in [0.2, 0.25) is 0 Å². The van der Waals surface area contributed by atoms with Crippen molar-refractivity contribution in [1.82, 2.24) is 10.2 Å². The highest BCUT2D eigenvalue weighted by atomic mass is 16.5. The van der Waals surface area contributed by atoms with Crippen molar-refractivity contribution in [1.29, 1.82) is 0 Å². The molecule has 0 aliphatic carbocycles. The molecule has 3 rings (SSSR count). The number of hydrogen-bond donors (Lipinski definition) is 1. The largest absolute Gasteiger partial charge is 0.372 e. The van der Waals surface area contributed by atoms with Crippen molar-refractivity contribution in [3.63, 3.8) is 0 Å². The van der Waals surface area contributed by atoms with Crippen LogP contribution in [0.1, 0.15) is 32.1 Å². The van der Waals surface area contributed by atoms with E-state index in [1.165, 1.54) is 64.8 Å². The molecule has 0 aromatic carbocycles. The van der Waals surface area contributed by atoms with E-state index in [2.05, 4.69) is 10.2 Å². The van der Waals surface area contributed by atoms with Gasteiger partial charge in [-0.2, -0.15) is 0 Å². The zero-order valence-corrected chi connectivity index (χ0v) is 10.2. The number of morpholine rings is 1. The Morgan fingerprint density at radius 2 is 1.94 bits per heavy atom. The van der Waals surface area contributed by atoms with E-state index in [0.29, 0.717) is 12.2 Å². The molecule has 3 fully saturated rings. The second kappa shape index (κ2) is 5.03. The quantitative estimate of drug-likeness (QED) is 0.780. The number of nitrogens with one attached hydrogen (secondary N) is 1. The second-order valence-electron chi connectivity index (χ2n) is 5.72. The summed E-state index contributed by atoms with van der Waals surface area (Å²) in [5.41, 5.74) is 0. The summed E-state index contributed by atoms with van der Waals surface area (Å²) in [7, 11) is 0. The first-order chi connectivity index (χ1) is 7.90. The molecule has 3 heterocycles. The van der Waals surface area contributed by atoms with E-state index in [0.717, 1.165) is 5.92 Å². The van der Waals surface area contributed by atoms with E-state index in [1.54, 1.807) is 0 Å². The van der Waals surface area contributed by atoms with E-state index in [1.807, 2.05) is 0 Å². The van der Waals surface area contributed by atoms with Gasteiger partial charge in [-0.3, -0.25) is 4.90 Å². The molecule has 16 heavy (non-hydrogen) atoms. The van der Waals surface area contributed by atoms with Gasteiger partial charge in [0, 0.05) is 13.1 Å². The van der Waals surface area contributed by atoms with Gasteiger partial charge in [0.2, 0.25) is 0 Å². The molecule has 0 aromatic rings. The Labute approximate surface area is 98.5 Å². The van der Waals surface area contributed by atoms with Crippen molar-refractivity contribution < 1.29 is 4.74 Å². The molecule has 3 unspecified atom stereocenters. The van der Waals surface area contributed by atoms with Crippen molar-refractivity contribution in [2.24, 2.45) is 5.92 Å².